The van der Waals surface area contributed by atoms with Crippen LogP contribution in [-0.2, 0) is 28.6 Å². The largest absolute Gasteiger partial charge is 0.462 e. The molecule has 0 aliphatic carbocycles. The van der Waals surface area contributed by atoms with Gasteiger partial charge >= 0.3 is 17.9 Å². The number of allylic oxidation sites excluding steroid dienone is 6. The number of rotatable bonds is 56. The molecule has 0 spiro atoms. The van der Waals surface area contributed by atoms with Crippen molar-refractivity contribution in [2.24, 2.45) is 0 Å². The van der Waals surface area contributed by atoms with Crippen LogP contribution >= 0.6 is 0 Å². The van der Waals surface area contributed by atoms with Gasteiger partial charge in [-0.2, -0.15) is 0 Å². The normalized spacial score (nSPS) is 12.2. The highest BCUT2D eigenvalue weighted by molar-refractivity contribution is 5.71. The molecule has 0 aliphatic rings. The highest BCUT2D eigenvalue weighted by Gasteiger charge is 2.19. The van der Waals surface area contributed by atoms with Crippen molar-refractivity contribution in [3.8, 4) is 0 Å². The smallest absolute Gasteiger partial charge is 0.306 e. The summed E-state index contributed by atoms with van der Waals surface area (Å²) in [6.45, 7) is 6.66. The van der Waals surface area contributed by atoms with Crippen LogP contribution in [0.2, 0.25) is 0 Å². The van der Waals surface area contributed by atoms with Gasteiger partial charge in [-0.1, -0.05) is 250 Å². The second-order valence-corrected chi connectivity index (χ2v) is 20.6. The van der Waals surface area contributed by atoms with Crippen molar-refractivity contribution < 1.29 is 28.6 Å². The van der Waals surface area contributed by atoms with Gasteiger partial charge in [0.15, 0.2) is 6.10 Å². The van der Waals surface area contributed by atoms with Crippen molar-refractivity contribution in [2.45, 2.75) is 335 Å². The predicted octanol–water partition coefficient (Wildman–Crippen LogP) is 20.4. The van der Waals surface area contributed by atoms with Gasteiger partial charge in [-0.25, -0.2) is 0 Å². The lowest BCUT2D eigenvalue weighted by molar-refractivity contribution is -0.167. The van der Waals surface area contributed by atoms with Gasteiger partial charge in [-0.15, -0.1) is 0 Å². The lowest BCUT2D eigenvalue weighted by Gasteiger charge is -2.18. The molecule has 0 heterocycles. The molecule has 69 heavy (non-hydrogen) atoms. The summed E-state index contributed by atoms with van der Waals surface area (Å²) in [4.78, 5) is 38.2. The van der Waals surface area contributed by atoms with E-state index in [0.717, 1.165) is 57.8 Å². The van der Waals surface area contributed by atoms with Crippen LogP contribution in [-0.4, -0.2) is 37.2 Å². The molecule has 0 fully saturated rings. The van der Waals surface area contributed by atoms with Gasteiger partial charge in [0.2, 0.25) is 0 Å². The fourth-order valence-corrected chi connectivity index (χ4v) is 8.96. The maximum Gasteiger partial charge on any atom is 0.306 e. The van der Waals surface area contributed by atoms with Gasteiger partial charge in [-0.3, -0.25) is 14.4 Å². The molecule has 0 saturated heterocycles. The summed E-state index contributed by atoms with van der Waals surface area (Å²) in [6.07, 6.45) is 69.9. The lowest BCUT2D eigenvalue weighted by atomic mass is 10.1. The Kier molecular flexibility index (Phi) is 56.2. The van der Waals surface area contributed by atoms with Crippen LogP contribution in [0.4, 0.5) is 0 Å². The van der Waals surface area contributed by atoms with Crippen LogP contribution in [0.5, 0.6) is 0 Å². The molecule has 0 aromatic rings. The molecule has 404 valence electrons. The number of carbonyl (C=O) groups is 3. The zero-order valence-corrected chi connectivity index (χ0v) is 46.3. The Labute approximate surface area is 429 Å². The average Bonchev–Trinajstić information content (AvgIpc) is 3.35. The van der Waals surface area contributed by atoms with Crippen LogP contribution in [0.15, 0.2) is 36.5 Å². The molecule has 6 nitrogen and oxygen atoms in total. The van der Waals surface area contributed by atoms with Gasteiger partial charge in [0.05, 0.1) is 0 Å². The Morgan fingerprint density at radius 2 is 0.478 bits per heavy atom. The minimum atomic E-state index is -0.777. The molecule has 0 N–H and O–H groups in total. The van der Waals surface area contributed by atoms with Gasteiger partial charge in [0.1, 0.15) is 13.2 Å². The van der Waals surface area contributed by atoms with Crippen molar-refractivity contribution in [3.63, 3.8) is 0 Å². The van der Waals surface area contributed by atoms with Crippen LogP contribution in [0.1, 0.15) is 329 Å². The molecule has 0 aromatic carbocycles. The lowest BCUT2D eigenvalue weighted by Crippen LogP contribution is -2.30. The molecule has 0 aliphatic heterocycles. The van der Waals surface area contributed by atoms with E-state index in [4.69, 9.17) is 14.2 Å². The molecule has 0 rings (SSSR count). The predicted molar refractivity (Wildman–Crippen MR) is 298 cm³/mol. The first-order chi connectivity index (χ1) is 34.0. The van der Waals surface area contributed by atoms with E-state index in [9.17, 15) is 14.4 Å². The average molecular weight is 970 g/mol. The molecule has 6 heteroatoms. The Bertz CT molecular complexity index is 1100. The summed E-state index contributed by atoms with van der Waals surface area (Å²) in [5.74, 6) is -0.869. The van der Waals surface area contributed by atoms with E-state index < -0.39 is 6.10 Å². The zero-order chi connectivity index (χ0) is 50.0. The van der Waals surface area contributed by atoms with Crippen LogP contribution < -0.4 is 0 Å². The van der Waals surface area contributed by atoms with Crippen molar-refractivity contribution >= 4 is 17.9 Å². The van der Waals surface area contributed by atoms with Crippen LogP contribution in [0.25, 0.3) is 0 Å². The monoisotopic (exact) mass is 969 g/mol. The van der Waals surface area contributed by atoms with E-state index in [1.807, 2.05) is 0 Å². The van der Waals surface area contributed by atoms with Crippen LogP contribution in [0, 0.1) is 0 Å². The summed E-state index contributed by atoms with van der Waals surface area (Å²) >= 11 is 0. The molecule has 0 bridgehead atoms. The maximum absolute atomic E-state index is 12.9. The fraction of sp³-hybridized carbons (Fsp3) is 0.857. The zero-order valence-electron chi connectivity index (χ0n) is 46.3. The number of carbonyl (C=O) groups excluding carboxylic acids is 3. The van der Waals surface area contributed by atoms with E-state index in [0.29, 0.717) is 19.3 Å². The van der Waals surface area contributed by atoms with E-state index >= 15 is 0 Å². The third-order valence-electron chi connectivity index (χ3n) is 13.6. The van der Waals surface area contributed by atoms with Crippen molar-refractivity contribution in [3.05, 3.63) is 36.5 Å². The number of hydrogen-bond donors (Lipinski definition) is 0. The fourth-order valence-electron chi connectivity index (χ4n) is 8.96. The van der Waals surface area contributed by atoms with Crippen LogP contribution in [0.3, 0.4) is 0 Å². The van der Waals surface area contributed by atoms with E-state index in [2.05, 4.69) is 57.2 Å². The summed E-state index contributed by atoms with van der Waals surface area (Å²) in [5, 5.41) is 0. The molecule has 0 radical (unpaired) electrons. The number of ether oxygens (including phenoxy) is 3. The number of esters is 3. The number of hydrogen-bond acceptors (Lipinski definition) is 6. The van der Waals surface area contributed by atoms with E-state index in [-0.39, 0.29) is 31.1 Å². The second kappa shape index (κ2) is 58.2. The number of unbranched alkanes of at least 4 members (excludes halogenated alkanes) is 39. The highest BCUT2D eigenvalue weighted by Crippen LogP contribution is 2.16. The summed E-state index contributed by atoms with van der Waals surface area (Å²) in [6, 6.07) is 0. The molecular weight excluding hydrogens is 853 g/mol. The SMILES string of the molecule is CCCCCCCCC=CCCCCCCCCCC(=O)OCC(COC(=O)CCCCCCCCCC=CCCCCCCCC)OC(=O)CCCCCCCCCC=CCCCCCCCC. The van der Waals surface area contributed by atoms with Crippen molar-refractivity contribution in [1.29, 1.82) is 0 Å². The summed E-state index contributed by atoms with van der Waals surface area (Å²) < 4.78 is 16.9. The van der Waals surface area contributed by atoms with Gasteiger partial charge in [0.25, 0.3) is 0 Å². The Morgan fingerprint density at radius 3 is 0.725 bits per heavy atom. The minimum absolute atomic E-state index is 0.0750. The first-order valence-electron chi connectivity index (χ1n) is 30.5. The first kappa shape index (κ1) is 66.6. The summed E-state index contributed by atoms with van der Waals surface area (Å²) in [5.41, 5.74) is 0. The third-order valence-corrected chi connectivity index (χ3v) is 13.6. The highest BCUT2D eigenvalue weighted by atomic mass is 16.6. The topological polar surface area (TPSA) is 78.9 Å². The first-order valence-corrected chi connectivity index (χ1v) is 30.5. The van der Waals surface area contributed by atoms with Gasteiger partial charge in [0, 0.05) is 19.3 Å². The van der Waals surface area contributed by atoms with E-state index in [1.54, 1.807) is 0 Å². The van der Waals surface area contributed by atoms with Crippen molar-refractivity contribution in [1.82, 2.24) is 0 Å². The Hall–Kier alpha value is -2.37. The molecule has 0 saturated carbocycles. The third kappa shape index (κ3) is 56.4. The minimum Gasteiger partial charge on any atom is -0.462 e. The molecule has 0 amide bonds. The Balaban J connectivity index is 4.36. The summed E-state index contributed by atoms with van der Waals surface area (Å²) in [7, 11) is 0. The molecule has 0 aromatic heterocycles. The van der Waals surface area contributed by atoms with Gasteiger partial charge in [-0.05, 0) is 96.3 Å². The molecule has 0 unspecified atom stereocenters. The molecular formula is C63H116O6. The second-order valence-electron chi connectivity index (χ2n) is 20.6. The Morgan fingerprint density at radius 1 is 0.275 bits per heavy atom. The standard InChI is InChI=1S/C63H116O6/c1-4-7-10-13-16-19-22-25-28-31-34-37-40-43-46-49-52-55-61(64)67-58-60(69-63(66)57-54-51-48-45-42-39-36-33-30-27-24-21-18-15-12-9-6-3)59-68-62(65)56-53-50-47-44-41-38-35-32-29-26-23-20-17-14-11-8-5-2/h25-30,60H,4-24,31-59H2,1-3H3. The quantitative estimate of drug-likeness (QED) is 0.0261. The van der Waals surface area contributed by atoms with Crippen molar-refractivity contribution in [2.75, 3.05) is 13.2 Å². The molecule has 0 atom stereocenters. The maximum atomic E-state index is 12.9. The van der Waals surface area contributed by atoms with E-state index in [1.165, 1.54) is 231 Å². The van der Waals surface area contributed by atoms with Gasteiger partial charge < -0.3 is 14.2 Å².